The summed E-state index contributed by atoms with van der Waals surface area (Å²) in [6.07, 6.45) is 0. The van der Waals surface area contributed by atoms with Crippen LogP contribution in [0.4, 0.5) is 0 Å². The first-order valence-electron chi connectivity index (χ1n) is 14.1. The Kier molecular flexibility index (Phi) is 4.87. The van der Waals surface area contributed by atoms with Crippen LogP contribution in [0.3, 0.4) is 0 Å². The molecule has 0 spiro atoms. The van der Waals surface area contributed by atoms with Crippen molar-refractivity contribution in [2.45, 2.75) is 0 Å². The molecular weight excluding hydrogens is 513 g/mol. The highest BCUT2D eigenvalue weighted by atomic mass is 32.1. The van der Waals surface area contributed by atoms with Crippen molar-refractivity contribution in [3.8, 4) is 33.4 Å². The molecule has 0 amide bonds. The zero-order valence-electron chi connectivity index (χ0n) is 22.3. The monoisotopic (exact) mass is 536 g/mol. The van der Waals surface area contributed by atoms with Crippen molar-refractivity contribution in [2.75, 3.05) is 0 Å². The van der Waals surface area contributed by atoms with Gasteiger partial charge in [0.2, 0.25) is 0 Å². The second-order valence-corrected chi connectivity index (χ2v) is 12.0. The Balaban J connectivity index is 1.19. The van der Waals surface area contributed by atoms with E-state index in [4.69, 9.17) is 0 Å². The molecule has 0 N–H and O–H groups in total. The number of benzene rings is 8. The van der Waals surface area contributed by atoms with Crippen LogP contribution in [0.2, 0.25) is 0 Å². The molecule has 0 saturated heterocycles. The summed E-state index contributed by atoms with van der Waals surface area (Å²) in [7, 11) is 0. The third-order valence-electron chi connectivity index (χ3n) is 8.66. The lowest BCUT2D eigenvalue weighted by Crippen LogP contribution is -1.89. The molecule has 9 aromatic rings. The summed E-state index contributed by atoms with van der Waals surface area (Å²) in [6, 6.07) is 53.8. The molecule has 8 aromatic carbocycles. The van der Waals surface area contributed by atoms with Crippen molar-refractivity contribution in [3.63, 3.8) is 0 Å². The second-order valence-electron chi connectivity index (χ2n) is 10.9. The van der Waals surface area contributed by atoms with Gasteiger partial charge in [-0.25, -0.2) is 0 Å². The van der Waals surface area contributed by atoms with Crippen LogP contribution in [0, 0.1) is 0 Å². The highest BCUT2D eigenvalue weighted by Crippen LogP contribution is 2.43. The molecule has 1 aromatic heterocycles. The summed E-state index contributed by atoms with van der Waals surface area (Å²) in [5, 5.41) is 10.6. The van der Waals surface area contributed by atoms with E-state index >= 15 is 0 Å². The van der Waals surface area contributed by atoms with E-state index in [2.05, 4.69) is 146 Å². The summed E-state index contributed by atoms with van der Waals surface area (Å²) in [5.41, 5.74) is 7.58. The van der Waals surface area contributed by atoms with E-state index in [0.717, 1.165) is 0 Å². The summed E-state index contributed by atoms with van der Waals surface area (Å²) >= 11 is 1.87. The van der Waals surface area contributed by atoms with Gasteiger partial charge in [-0.15, -0.1) is 11.3 Å². The van der Waals surface area contributed by atoms with Crippen molar-refractivity contribution < 1.29 is 0 Å². The Labute approximate surface area is 242 Å². The molecule has 0 unspecified atom stereocenters. The SMILES string of the molecule is c1ccc(-c2ccc3ccc4c(-c5ccc(-c6ccc7sc8ccccc8c7c6)cc5)ccc5ccc2c3c54)cc1. The van der Waals surface area contributed by atoms with Crippen molar-refractivity contribution in [1.82, 2.24) is 0 Å². The molecule has 9 rings (SSSR count). The first-order chi connectivity index (χ1) is 20.3. The Bertz CT molecular complexity index is 2390. The quantitative estimate of drug-likeness (QED) is 0.197. The van der Waals surface area contributed by atoms with Gasteiger partial charge in [0.25, 0.3) is 0 Å². The number of thiophene rings is 1. The fourth-order valence-corrected chi connectivity index (χ4v) is 7.76. The first kappa shape index (κ1) is 22.8. The predicted octanol–water partition coefficient (Wildman–Crippen LogP) is 12.0. The molecule has 0 atom stereocenters. The summed E-state index contributed by atoms with van der Waals surface area (Å²) in [4.78, 5) is 0. The number of hydrogen-bond donors (Lipinski definition) is 0. The fraction of sp³-hybridized carbons (Fsp3) is 0. The maximum absolute atomic E-state index is 2.35. The average Bonchev–Trinajstić information content (AvgIpc) is 3.42. The molecule has 41 heavy (non-hydrogen) atoms. The molecular formula is C40H24S. The van der Waals surface area contributed by atoms with Crippen LogP contribution in [-0.4, -0.2) is 0 Å². The van der Waals surface area contributed by atoms with Crippen molar-refractivity contribution in [3.05, 3.63) is 146 Å². The minimum atomic E-state index is 1.25. The molecule has 1 heterocycles. The number of fused-ring (bicyclic) bond motifs is 3. The third kappa shape index (κ3) is 3.46. The molecule has 0 fully saturated rings. The lowest BCUT2D eigenvalue weighted by atomic mass is 9.87. The molecule has 0 aliphatic heterocycles. The number of rotatable bonds is 3. The van der Waals surface area contributed by atoms with Crippen LogP contribution in [0.1, 0.15) is 0 Å². The fourth-order valence-electron chi connectivity index (χ4n) is 6.67. The smallest absolute Gasteiger partial charge is 0.0355 e. The predicted molar refractivity (Wildman–Crippen MR) is 179 cm³/mol. The normalized spacial score (nSPS) is 11.9. The highest BCUT2D eigenvalue weighted by molar-refractivity contribution is 7.25. The van der Waals surface area contributed by atoms with E-state index in [9.17, 15) is 0 Å². The number of hydrogen-bond acceptors (Lipinski definition) is 1. The van der Waals surface area contributed by atoms with Crippen molar-refractivity contribution in [2.24, 2.45) is 0 Å². The lowest BCUT2D eigenvalue weighted by Gasteiger charge is -2.16. The zero-order valence-corrected chi connectivity index (χ0v) is 23.1. The molecule has 0 aliphatic rings. The molecule has 0 radical (unpaired) electrons. The van der Waals surface area contributed by atoms with Crippen LogP contribution >= 0.6 is 11.3 Å². The summed E-state index contributed by atoms with van der Waals surface area (Å²) < 4.78 is 2.69. The van der Waals surface area contributed by atoms with Crippen LogP contribution in [0.5, 0.6) is 0 Å². The Morgan fingerprint density at radius 2 is 0.854 bits per heavy atom. The van der Waals surface area contributed by atoms with E-state index in [1.165, 1.54) is 85.9 Å². The van der Waals surface area contributed by atoms with Gasteiger partial charge in [0.05, 0.1) is 0 Å². The maximum atomic E-state index is 2.35. The van der Waals surface area contributed by atoms with E-state index in [1.54, 1.807) is 0 Å². The van der Waals surface area contributed by atoms with Gasteiger partial charge in [-0.1, -0.05) is 127 Å². The van der Waals surface area contributed by atoms with Gasteiger partial charge in [-0.05, 0) is 83.9 Å². The van der Waals surface area contributed by atoms with Gasteiger partial charge < -0.3 is 0 Å². The standard InChI is InChI=1S/C40H24S/c1-2-6-26(7-3-1)31-19-14-28-17-22-35-32(20-15-29-16-21-34(31)39(28)40(29)35)27-12-10-25(11-13-27)30-18-23-38-36(24-30)33-8-4-5-9-37(33)41-38/h1-24H. The van der Waals surface area contributed by atoms with Gasteiger partial charge in [-0.2, -0.15) is 0 Å². The topological polar surface area (TPSA) is 0 Å². The second kappa shape index (κ2) is 8.76. The van der Waals surface area contributed by atoms with E-state index in [1.807, 2.05) is 11.3 Å². The van der Waals surface area contributed by atoms with Gasteiger partial charge >= 0.3 is 0 Å². The third-order valence-corrected chi connectivity index (χ3v) is 9.81. The van der Waals surface area contributed by atoms with Crippen molar-refractivity contribution >= 4 is 63.8 Å². The molecule has 0 aliphatic carbocycles. The first-order valence-corrected chi connectivity index (χ1v) is 14.9. The van der Waals surface area contributed by atoms with Gasteiger partial charge in [0, 0.05) is 20.2 Å². The van der Waals surface area contributed by atoms with E-state index in [-0.39, 0.29) is 0 Å². The van der Waals surface area contributed by atoms with Crippen LogP contribution < -0.4 is 0 Å². The van der Waals surface area contributed by atoms with Gasteiger partial charge in [-0.3, -0.25) is 0 Å². The van der Waals surface area contributed by atoms with E-state index < -0.39 is 0 Å². The maximum Gasteiger partial charge on any atom is 0.0355 e. The average molecular weight is 537 g/mol. The van der Waals surface area contributed by atoms with Gasteiger partial charge in [0.15, 0.2) is 0 Å². The molecule has 0 nitrogen and oxygen atoms in total. The Morgan fingerprint density at radius 3 is 1.56 bits per heavy atom. The molecule has 0 saturated carbocycles. The zero-order chi connectivity index (χ0) is 26.9. The molecule has 0 bridgehead atoms. The molecule has 190 valence electrons. The van der Waals surface area contributed by atoms with Gasteiger partial charge in [0.1, 0.15) is 0 Å². The summed E-state index contributed by atoms with van der Waals surface area (Å²) in [6.45, 7) is 0. The minimum Gasteiger partial charge on any atom is -0.135 e. The van der Waals surface area contributed by atoms with Crippen LogP contribution in [-0.2, 0) is 0 Å². The lowest BCUT2D eigenvalue weighted by molar-refractivity contribution is 1.63. The minimum absolute atomic E-state index is 1.25. The van der Waals surface area contributed by atoms with E-state index in [0.29, 0.717) is 0 Å². The largest absolute Gasteiger partial charge is 0.135 e. The van der Waals surface area contributed by atoms with Crippen LogP contribution in [0.25, 0.3) is 85.9 Å². The molecule has 1 heteroatoms. The Morgan fingerprint density at radius 1 is 0.317 bits per heavy atom. The van der Waals surface area contributed by atoms with Crippen LogP contribution in [0.15, 0.2) is 146 Å². The summed E-state index contributed by atoms with van der Waals surface area (Å²) in [5.74, 6) is 0. The van der Waals surface area contributed by atoms with Crippen molar-refractivity contribution in [1.29, 1.82) is 0 Å². The Hall–Kier alpha value is -4.98. The highest BCUT2D eigenvalue weighted by Gasteiger charge is 2.15.